The van der Waals surface area contributed by atoms with E-state index in [0.29, 0.717) is 32.8 Å². The summed E-state index contributed by atoms with van der Waals surface area (Å²) in [4.78, 5) is 12.7. The van der Waals surface area contributed by atoms with Gasteiger partial charge in [-0.1, -0.05) is 23.2 Å². The van der Waals surface area contributed by atoms with Crippen molar-refractivity contribution in [2.45, 2.75) is 45.6 Å². The van der Waals surface area contributed by atoms with E-state index in [1.165, 1.54) is 0 Å². The minimum atomic E-state index is -0.299. The van der Waals surface area contributed by atoms with E-state index < -0.39 is 0 Å². The average molecular weight is 477 g/mol. The van der Waals surface area contributed by atoms with Crippen LogP contribution in [0.5, 0.6) is 5.75 Å². The molecule has 2 aromatic carbocycles. The normalized spacial score (nSPS) is 13.2. The van der Waals surface area contributed by atoms with E-state index in [1.54, 1.807) is 18.2 Å². The Balaban J connectivity index is 1.77. The molecule has 31 heavy (non-hydrogen) atoms. The zero-order valence-corrected chi connectivity index (χ0v) is 19.5. The number of hydrogen-bond acceptors (Lipinski definition) is 4. The Morgan fingerprint density at radius 1 is 1.10 bits per heavy atom. The van der Waals surface area contributed by atoms with Gasteiger partial charge in [0.2, 0.25) is 0 Å². The average Bonchev–Trinajstić information content (AvgIpc) is 2.72. The van der Waals surface area contributed by atoms with Crippen LogP contribution in [0.4, 0.5) is 11.4 Å². The summed E-state index contributed by atoms with van der Waals surface area (Å²) in [6.07, 6.45) is 3.57. The Labute approximate surface area is 195 Å². The number of nitrogens with one attached hydrogen (secondary N) is 2. The third-order valence-electron chi connectivity index (χ3n) is 5.13. The van der Waals surface area contributed by atoms with Crippen LogP contribution in [0.2, 0.25) is 10.0 Å². The number of thiocarbonyl (C=S) groups is 1. The van der Waals surface area contributed by atoms with Crippen molar-refractivity contribution in [1.82, 2.24) is 0 Å². The minimum Gasteiger partial charge on any atom is -0.489 e. The number of ether oxygens (including phenoxy) is 1. The number of hydrogen-bond donors (Lipinski definition) is 2. The van der Waals surface area contributed by atoms with Gasteiger partial charge in [-0.25, -0.2) is 4.79 Å². The molecule has 0 atom stereocenters. The van der Waals surface area contributed by atoms with Gasteiger partial charge >= 0.3 is 5.63 Å². The molecule has 0 amide bonds. The molecule has 1 aromatic heterocycles. The zero-order chi connectivity index (χ0) is 22.1. The lowest BCUT2D eigenvalue weighted by Crippen LogP contribution is -2.22. The summed E-state index contributed by atoms with van der Waals surface area (Å²) in [6, 6.07) is 8.93. The van der Waals surface area contributed by atoms with E-state index in [-0.39, 0.29) is 16.8 Å². The molecule has 0 unspecified atom stereocenters. The molecular weight excluding hydrogens is 455 g/mol. The van der Waals surface area contributed by atoms with Crippen LogP contribution in [-0.2, 0) is 12.8 Å². The van der Waals surface area contributed by atoms with Crippen LogP contribution in [-0.4, -0.2) is 11.2 Å². The molecule has 1 heterocycles. The number of fused-ring (bicyclic) bond motifs is 3. The van der Waals surface area contributed by atoms with E-state index in [9.17, 15) is 4.79 Å². The first kappa shape index (κ1) is 21.9. The maximum atomic E-state index is 12.7. The molecule has 0 bridgehead atoms. The number of halogens is 2. The summed E-state index contributed by atoms with van der Waals surface area (Å²) in [6.45, 7) is 3.86. The Morgan fingerprint density at radius 2 is 1.84 bits per heavy atom. The maximum Gasteiger partial charge on any atom is 0.339 e. The van der Waals surface area contributed by atoms with Crippen LogP contribution in [0.15, 0.2) is 39.5 Å². The molecule has 5 nitrogen and oxygen atoms in total. The first-order valence-corrected chi connectivity index (χ1v) is 11.3. The SMILES string of the molecule is CC(C)Oc1ccc2c3c(c(=O)oc2c1NC(=S)Nc1ccc(Cl)cc1Cl)CCCC3. The van der Waals surface area contributed by atoms with Crippen LogP contribution in [0.1, 0.15) is 37.8 Å². The van der Waals surface area contributed by atoms with Crippen molar-refractivity contribution >= 4 is 62.9 Å². The topological polar surface area (TPSA) is 63.5 Å². The van der Waals surface area contributed by atoms with Gasteiger partial charge in [-0.05, 0) is 87.6 Å². The Bertz CT molecular complexity index is 1220. The van der Waals surface area contributed by atoms with Gasteiger partial charge in [0.05, 0.1) is 16.8 Å². The summed E-state index contributed by atoms with van der Waals surface area (Å²) < 4.78 is 11.7. The van der Waals surface area contributed by atoms with Gasteiger partial charge in [0.15, 0.2) is 10.7 Å². The first-order chi connectivity index (χ1) is 14.8. The molecule has 0 saturated carbocycles. The highest BCUT2D eigenvalue weighted by molar-refractivity contribution is 7.80. The lowest BCUT2D eigenvalue weighted by molar-refractivity contribution is 0.244. The van der Waals surface area contributed by atoms with E-state index in [2.05, 4.69) is 10.6 Å². The van der Waals surface area contributed by atoms with E-state index in [4.69, 9.17) is 44.6 Å². The lowest BCUT2D eigenvalue weighted by atomic mass is 9.90. The summed E-state index contributed by atoms with van der Waals surface area (Å²) in [7, 11) is 0. The van der Waals surface area contributed by atoms with Crippen LogP contribution in [0.25, 0.3) is 11.0 Å². The summed E-state index contributed by atoms with van der Waals surface area (Å²) in [5.74, 6) is 0.549. The highest BCUT2D eigenvalue weighted by Crippen LogP contribution is 2.37. The molecule has 1 aliphatic rings. The van der Waals surface area contributed by atoms with Gasteiger partial charge in [-0.15, -0.1) is 0 Å². The Hall–Kier alpha value is -2.28. The van der Waals surface area contributed by atoms with Gasteiger partial charge in [0, 0.05) is 16.0 Å². The maximum absolute atomic E-state index is 12.7. The van der Waals surface area contributed by atoms with Gasteiger partial charge in [0.25, 0.3) is 0 Å². The second-order valence-corrected chi connectivity index (χ2v) is 8.99. The predicted octanol–water partition coefficient (Wildman–Crippen LogP) is 6.57. The van der Waals surface area contributed by atoms with Crippen molar-refractivity contribution in [2.75, 3.05) is 10.6 Å². The molecule has 4 rings (SSSR count). The summed E-state index contributed by atoms with van der Waals surface area (Å²) in [5.41, 5.74) is 3.09. The second-order valence-electron chi connectivity index (χ2n) is 7.74. The van der Waals surface area contributed by atoms with Crippen molar-refractivity contribution in [3.63, 3.8) is 0 Å². The van der Waals surface area contributed by atoms with Crippen molar-refractivity contribution in [1.29, 1.82) is 0 Å². The number of rotatable bonds is 4. The van der Waals surface area contributed by atoms with Crippen molar-refractivity contribution in [3.8, 4) is 5.75 Å². The molecule has 2 N–H and O–H groups in total. The molecule has 0 spiro atoms. The summed E-state index contributed by atoms with van der Waals surface area (Å²) >= 11 is 17.7. The third kappa shape index (κ3) is 4.66. The van der Waals surface area contributed by atoms with Crippen LogP contribution in [0, 0.1) is 0 Å². The zero-order valence-electron chi connectivity index (χ0n) is 17.2. The molecule has 0 saturated heterocycles. The van der Waals surface area contributed by atoms with Crippen molar-refractivity contribution in [2.24, 2.45) is 0 Å². The number of aryl methyl sites for hydroxylation is 1. The van der Waals surface area contributed by atoms with E-state index in [1.807, 2.05) is 26.0 Å². The van der Waals surface area contributed by atoms with Crippen LogP contribution in [0.3, 0.4) is 0 Å². The number of benzene rings is 2. The monoisotopic (exact) mass is 476 g/mol. The van der Waals surface area contributed by atoms with Gasteiger partial charge in [0.1, 0.15) is 11.4 Å². The molecule has 0 radical (unpaired) electrons. The molecule has 0 aliphatic heterocycles. The van der Waals surface area contributed by atoms with Gasteiger partial charge in [-0.3, -0.25) is 0 Å². The fraction of sp³-hybridized carbons (Fsp3) is 0.304. The first-order valence-electron chi connectivity index (χ1n) is 10.1. The fourth-order valence-electron chi connectivity index (χ4n) is 3.82. The largest absolute Gasteiger partial charge is 0.489 e. The summed E-state index contributed by atoms with van der Waals surface area (Å²) in [5, 5.41) is 8.37. The molecular formula is C23H22Cl2N2O3S. The molecule has 3 aromatic rings. The second kappa shape index (κ2) is 9.07. The lowest BCUT2D eigenvalue weighted by Gasteiger charge is -2.21. The number of anilines is 2. The van der Waals surface area contributed by atoms with Crippen molar-refractivity contribution in [3.05, 3.63) is 61.9 Å². The highest BCUT2D eigenvalue weighted by atomic mass is 35.5. The Morgan fingerprint density at radius 3 is 2.55 bits per heavy atom. The molecule has 8 heteroatoms. The molecule has 162 valence electrons. The minimum absolute atomic E-state index is 0.0745. The van der Waals surface area contributed by atoms with Crippen LogP contribution >= 0.6 is 35.4 Å². The standard InChI is InChI=1S/C23H22Cl2N2O3S/c1-12(2)29-19-10-8-15-14-5-3-4-6-16(14)22(28)30-21(15)20(19)27-23(31)26-18-9-7-13(24)11-17(18)25/h7-12H,3-6H2,1-2H3,(H2,26,27,31). The molecule has 1 aliphatic carbocycles. The smallest absolute Gasteiger partial charge is 0.339 e. The van der Waals surface area contributed by atoms with E-state index in [0.717, 1.165) is 42.2 Å². The fourth-order valence-corrected chi connectivity index (χ4v) is 4.49. The van der Waals surface area contributed by atoms with Gasteiger partial charge in [-0.2, -0.15) is 0 Å². The highest BCUT2D eigenvalue weighted by Gasteiger charge is 2.22. The Kier molecular flexibility index (Phi) is 6.42. The van der Waals surface area contributed by atoms with E-state index >= 15 is 0 Å². The third-order valence-corrected chi connectivity index (χ3v) is 5.89. The predicted molar refractivity (Wildman–Crippen MR) is 131 cm³/mol. The van der Waals surface area contributed by atoms with Crippen molar-refractivity contribution < 1.29 is 9.15 Å². The quantitative estimate of drug-likeness (QED) is 0.327. The van der Waals surface area contributed by atoms with Crippen LogP contribution < -0.4 is 21.0 Å². The molecule has 0 fully saturated rings. The van der Waals surface area contributed by atoms with Gasteiger partial charge < -0.3 is 19.8 Å².